The van der Waals surface area contributed by atoms with Crippen LogP contribution in [0.25, 0.3) is 11.0 Å². The second-order valence-corrected chi connectivity index (χ2v) is 8.02. The average Bonchev–Trinajstić information content (AvgIpc) is 3.61. The highest BCUT2D eigenvalue weighted by molar-refractivity contribution is 6.14. The number of para-hydroxylation sites is 1. The SMILES string of the molecule is O=C(Nc1c(C(=O)N(Cc2ccco2)CC2CCCO2)oc2ccccc12)c1ccccc1. The Balaban J connectivity index is 1.50. The van der Waals surface area contributed by atoms with Crippen LogP contribution in [0.5, 0.6) is 0 Å². The fourth-order valence-corrected chi connectivity index (χ4v) is 4.08. The maximum atomic E-state index is 13.8. The lowest BCUT2D eigenvalue weighted by atomic mass is 10.1. The number of benzene rings is 2. The van der Waals surface area contributed by atoms with Crippen molar-refractivity contribution in [2.24, 2.45) is 0 Å². The molecular formula is C26H24N2O5. The molecule has 0 bridgehead atoms. The quantitative estimate of drug-likeness (QED) is 0.429. The minimum atomic E-state index is -0.332. The molecule has 1 fully saturated rings. The van der Waals surface area contributed by atoms with Crippen molar-refractivity contribution in [3.8, 4) is 0 Å². The second kappa shape index (κ2) is 9.34. The summed E-state index contributed by atoms with van der Waals surface area (Å²) in [6.07, 6.45) is 3.39. The van der Waals surface area contributed by atoms with Crippen molar-refractivity contribution < 1.29 is 23.2 Å². The van der Waals surface area contributed by atoms with E-state index in [1.165, 1.54) is 0 Å². The van der Waals surface area contributed by atoms with E-state index in [1.54, 1.807) is 47.6 Å². The van der Waals surface area contributed by atoms with Gasteiger partial charge in [0.05, 0.1) is 18.9 Å². The topological polar surface area (TPSA) is 84.9 Å². The molecule has 1 aliphatic heterocycles. The van der Waals surface area contributed by atoms with Crippen LogP contribution in [0.2, 0.25) is 0 Å². The molecule has 168 valence electrons. The predicted octanol–water partition coefficient (Wildman–Crippen LogP) is 5.10. The second-order valence-electron chi connectivity index (χ2n) is 8.02. The van der Waals surface area contributed by atoms with E-state index < -0.39 is 0 Å². The number of nitrogens with zero attached hydrogens (tertiary/aromatic N) is 1. The van der Waals surface area contributed by atoms with Gasteiger partial charge in [0, 0.05) is 24.1 Å². The molecule has 1 aliphatic rings. The van der Waals surface area contributed by atoms with Gasteiger partial charge in [-0.25, -0.2) is 0 Å². The third kappa shape index (κ3) is 4.54. The number of hydrogen-bond acceptors (Lipinski definition) is 5. The van der Waals surface area contributed by atoms with E-state index in [2.05, 4.69) is 5.32 Å². The van der Waals surface area contributed by atoms with Gasteiger partial charge in [0.1, 0.15) is 17.0 Å². The smallest absolute Gasteiger partial charge is 0.292 e. The van der Waals surface area contributed by atoms with E-state index in [0.29, 0.717) is 41.1 Å². The summed E-state index contributed by atoms with van der Waals surface area (Å²) >= 11 is 0. The monoisotopic (exact) mass is 444 g/mol. The Morgan fingerprint density at radius 1 is 1.00 bits per heavy atom. The Hall–Kier alpha value is -3.84. The minimum absolute atomic E-state index is 0.0457. The number of amides is 2. The molecule has 2 aromatic carbocycles. The lowest BCUT2D eigenvalue weighted by molar-refractivity contribution is 0.0471. The maximum Gasteiger partial charge on any atom is 0.292 e. The molecule has 33 heavy (non-hydrogen) atoms. The van der Waals surface area contributed by atoms with Gasteiger partial charge in [-0.2, -0.15) is 0 Å². The number of anilines is 1. The first kappa shape index (κ1) is 21.0. The molecule has 7 heteroatoms. The number of carbonyl (C=O) groups is 2. The average molecular weight is 444 g/mol. The molecule has 1 N–H and O–H groups in total. The minimum Gasteiger partial charge on any atom is -0.467 e. The van der Waals surface area contributed by atoms with Crippen LogP contribution in [0.3, 0.4) is 0 Å². The Kier molecular flexibility index (Phi) is 5.95. The van der Waals surface area contributed by atoms with Crippen molar-refractivity contribution in [1.29, 1.82) is 0 Å². The summed E-state index contributed by atoms with van der Waals surface area (Å²) in [5, 5.41) is 3.57. The highest BCUT2D eigenvalue weighted by Crippen LogP contribution is 2.33. The zero-order valence-corrected chi connectivity index (χ0v) is 18.0. The fourth-order valence-electron chi connectivity index (χ4n) is 4.08. The van der Waals surface area contributed by atoms with E-state index >= 15 is 0 Å². The van der Waals surface area contributed by atoms with Crippen molar-refractivity contribution in [1.82, 2.24) is 4.90 Å². The molecule has 0 saturated carbocycles. The molecule has 0 radical (unpaired) electrons. The van der Waals surface area contributed by atoms with Gasteiger partial charge in [0.2, 0.25) is 5.76 Å². The molecule has 7 nitrogen and oxygen atoms in total. The first-order valence-electron chi connectivity index (χ1n) is 11.0. The largest absolute Gasteiger partial charge is 0.467 e. The molecule has 5 rings (SSSR count). The van der Waals surface area contributed by atoms with Gasteiger partial charge in [-0.1, -0.05) is 30.3 Å². The summed E-state index contributed by atoms with van der Waals surface area (Å²) in [6, 6.07) is 19.8. The summed E-state index contributed by atoms with van der Waals surface area (Å²) in [5.41, 5.74) is 1.38. The normalized spacial score (nSPS) is 15.6. The van der Waals surface area contributed by atoms with E-state index in [4.69, 9.17) is 13.6 Å². The van der Waals surface area contributed by atoms with E-state index in [0.717, 1.165) is 12.8 Å². The number of hydrogen-bond donors (Lipinski definition) is 1. The Morgan fingerprint density at radius 2 is 1.82 bits per heavy atom. The lowest BCUT2D eigenvalue weighted by Gasteiger charge is -2.24. The zero-order valence-electron chi connectivity index (χ0n) is 18.0. The summed E-state index contributed by atoms with van der Waals surface area (Å²) in [6.45, 7) is 1.37. The summed E-state index contributed by atoms with van der Waals surface area (Å²) in [5.74, 6) is 0.103. The fraction of sp³-hybridized carbons (Fsp3) is 0.231. The van der Waals surface area contributed by atoms with E-state index in [-0.39, 0.29) is 30.2 Å². The molecule has 0 aliphatic carbocycles. The van der Waals surface area contributed by atoms with Crippen LogP contribution in [0.4, 0.5) is 5.69 Å². The van der Waals surface area contributed by atoms with Gasteiger partial charge < -0.3 is 23.8 Å². The number of fused-ring (bicyclic) bond motifs is 1. The molecule has 1 unspecified atom stereocenters. The Morgan fingerprint density at radius 3 is 2.58 bits per heavy atom. The summed E-state index contributed by atoms with van der Waals surface area (Å²) in [4.78, 5) is 28.3. The Bertz CT molecular complexity index is 1240. The highest BCUT2D eigenvalue weighted by Gasteiger charge is 2.30. The molecule has 3 heterocycles. The number of furan rings is 2. The first-order valence-corrected chi connectivity index (χ1v) is 11.0. The van der Waals surface area contributed by atoms with Crippen LogP contribution in [0.15, 0.2) is 81.8 Å². The van der Waals surface area contributed by atoms with Crippen LogP contribution in [0.1, 0.15) is 39.5 Å². The van der Waals surface area contributed by atoms with Crippen LogP contribution in [-0.2, 0) is 11.3 Å². The molecule has 4 aromatic rings. The standard InChI is InChI=1S/C26H24N2O5/c29-25(18-8-2-1-3-9-18)27-23-21-12-4-5-13-22(21)33-24(23)26(30)28(16-19-10-6-14-31-19)17-20-11-7-15-32-20/h1-6,8-10,12-14,20H,7,11,15-17H2,(H,27,29). The number of rotatable bonds is 7. The Labute approximate surface area is 190 Å². The van der Waals surface area contributed by atoms with E-state index in [9.17, 15) is 9.59 Å². The molecule has 2 amide bonds. The van der Waals surface area contributed by atoms with Gasteiger partial charge in [-0.15, -0.1) is 0 Å². The van der Waals surface area contributed by atoms with Gasteiger partial charge in [-0.05, 0) is 49.2 Å². The maximum absolute atomic E-state index is 13.8. The molecule has 1 saturated heterocycles. The van der Waals surface area contributed by atoms with Crippen LogP contribution in [-0.4, -0.2) is 36.0 Å². The van der Waals surface area contributed by atoms with Gasteiger partial charge in [0.15, 0.2) is 0 Å². The predicted molar refractivity (Wildman–Crippen MR) is 123 cm³/mol. The zero-order chi connectivity index (χ0) is 22.6. The van der Waals surface area contributed by atoms with Crippen molar-refractivity contribution in [2.75, 3.05) is 18.5 Å². The number of carbonyl (C=O) groups excluding carboxylic acids is 2. The molecule has 1 atom stereocenters. The van der Waals surface area contributed by atoms with Crippen molar-refractivity contribution in [2.45, 2.75) is 25.5 Å². The number of ether oxygens (including phenoxy) is 1. The van der Waals surface area contributed by atoms with Crippen LogP contribution < -0.4 is 5.32 Å². The van der Waals surface area contributed by atoms with Gasteiger partial charge in [0.25, 0.3) is 11.8 Å². The van der Waals surface area contributed by atoms with Gasteiger partial charge in [-0.3, -0.25) is 9.59 Å². The van der Waals surface area contributed by atoms with Crippen LogP contribution in [0, 0.1) is 0 Å². The molecule has 0 spiro atoms. The van der Waals surface area contributed by atoms with E-state index in [1.807, 2.05) is 30.3 Å². The van der Waals surface area contributed by atoms with Crippen molar-refractivity contribution >= 4 is 28.5 Å². The van der Waals surface area contributed by atoms with Crippen molar-refractivity contribution in [3.63, 3.8) is 0 Å². The highest BCUT2D eigenvalue weighted by atomic mass is 16.5. The molecule has 2 aromatic heterocycles. The van der Waals surface area contributed by atoms with Crippen molar-refractivity contribution in [3.05, 3.63) is 90.1 Å². The lowest BCUT2D eigenvalue weighted by Crippen LogP contribution is -2.37. The van der Waals surface area contributed by atoms with Gasteiger partial charge >= 0.3 is 0 Å². The third-order valence-electron chi connectivity index (χ3n) is 5.73. The first-order chi connectivity index (χ1) is 16.2. The van der Waals surface area contributed by atoms with Crippen LogP contribution >= 0.6 is 0 Å². The summed E-state index contributed by atoms with van der Waals surface area (Å²) < 4.78 is 17.3. The summed E-state index contributed by atoms with van der Waals surface area (Å²) in [7, 11) is 0. The molecular weight excluding hydrogens is 420 g/mol. The number of nitrogens with one attached hydrogen (secondary N) is 1. The third-order valence-corrected chi connectivity index (χ3v) is 5.73.